The van der Waals surface area contributed by atoms with Gasteiger partial charge in [-0.2, -0.15) is 5.26 Å². The van der Waals surface area contributed by atoms with E-state index in [0.717, 1.165) is 10.9 Å². The van der Waals surface area contributed by atoms with Gasteiger partial charge in [-0.05, 0) is 6.07 Å². The third-order valence-electron chi connectivity index (χ3n) is 2.24. The number of nitrogens with zero attached hydrogens (tertiary/aromatic N) is 3. The van der Waals surface area contributed by atoms with E-state index in [1.807, 2.05) is 30.3 Å². The number of benzene rings is 1. The molecule has 1 aromatic carbocycles. The average Bonchev–Trinajstić information content (AvgIpc) is 2.31. The largest absolute Gasteiger partial charge is 0.395 e. The fourth-order valence-electron chi connectivity index (χ4n) is 1.49. The summed E-state index contributed by atoms with van der Waals surface area (Å²) in [5.74, 6) is -0.585. The molecule has 0 aliphatic heterocycles. The molecule has 0 spiro atoms. The van der Waals surface area contributed by atoms with Gasteiger partial charge in [0.05, 0.1) is 23.9 Å². The number of fused-ring (bicyclic) bond motifs is 1. The van der Waals surface area contributed by atoms with Crippen molar-refractivity contribution in [2.45, 2.75) is 5.92 Å². The van der Waals surface area contributed by atoms with Crippen LogP contribution in [-0.2, 0) is 0 Å². The minimum Gasteiger partial charge on any atom is -0.395 e. The number of aliphatic hydroxyl groups excluding tert-OH is 1. The molecule has 0 saturated carbocycles. The van der Waals surface area contributed by atoms with Crippen molar-refractivity contribution >= 4 is 10.9 Å². The zero-order valence-electron chi connectivity index (χ0n) is 7.96. The van der Waals surface area contributed by atoms with E-state index in [-0.39, 0.29) is 6.61 Å². The molecular formula is C11H9N3O. The van der Waals surface area contributed by atoms with E-state index in [0.29, 0.717) is 5.69 Å². The third-order valence-corrected chi connectivity index (χ3v) is 2.24. The van der Waals surface area contributed by atoms with E-state index >= 15 is 0 Å². The molecule has 15 heavy (non-hydrogen) atoms. The zero-order chi connectivity index (χ0) is 10.7. The molecule has 1 N–H and O–H groups in total. The van der Waals surface area contributed by atoms with Crippen LogP contribution < -0.4 is 0 Å². The third kappa shape index (κ3) is 1.65. The summed E-state index contributed by atoms with van der Waals surface area (Å²) < 4.78 is 0. The molecule has 0 aliphatic rings. The molecule has 1 aromatic heterocycles. The van der Waals surface area contributed by atoms with Crippen LogP contribution in [0.1, 0.15) is 11.6 Å². The minimum atomic E-state index is -0.585. The minimum absolute atomic E-state index is 0.225. The summed E-state index contributed by atoms with van der Waals surface area (Å²) in [4.78, 5) is 8.15. The lowest BCUT2D eigenvalue weighted by molar-refractivity contribution is 0.284. The molecule has 2 rings (SSSR count). The maximum Gasteiger partial charge on any atom is 0.116 e. The summed E-state index contributed by atoms with van der Waals surface area (Å²) in [6.07, 6.45) is 1.41. The van der Waals surface area contributed by atoms with Gasteiger partial charge in [0.25, 0.3) is 0 Å². The van der Waals surface area contributed by atoms with Crippen LogP contribution in [-0.4, -0.2) is 21.7 Å². The van der Waals surface area contributed by atoms with Crippen molar-refractivity contribution in [3.63, 3.8) is 0 Å². The number of hydrogen-bond donors (Lipinski definition) is 1. The Hall–Kier alpha value is -1.99. The standard InChI is InChI=1S/C11H9N3O/c12-5-8(6-15)11-9-3-1-2-4-10(9)13-7-14-11/h1-4,7-8,15H,6H2. The Kier molecular flexibility index (Phi) is 2.57. The SMILES string of the molecule is N#CC(CO)c1ncnc2ccccc12. The van der Waals surface area contributed by atoms with Crippen LogP contribution in [0.4, 0.5) is 0 Å². The van der Waals surface area contributed by atoms with E-state index in [1.54, 1.807) is 0 Å². The van der Waals surface area contributed by atoms with Crippen LogP contribution in [0.25, 0.3) is 10.9 Å². The van der Waals surface area contributed by atoms with Crippen molar-refractivity contribution in [3.05, 3.63) is 36.3 Å². The Morgan fingerprint density at radius 1 is 1.33 bits per heavy atom. The van der Waals surface area contributed by atoms with Gasteiger partial charge in [0, 0.05) is 5.39 Å². The Bertz CT molecular complexity index is 513. The molecule has 1 atom stereocenters. The molecule has 0 amide bonds. The highest BCUT2D eigenvalue weighted by Gasteiger charge is 2.14. The van der Waals surface area contributed by atoms with Crippen molar-refractivity contribution in [1.82, 2.24) is 9.97 Å². The lowest BCUT2D eigenvalue weighted by atomic mass is 10.0. The average molecular weight is 199 g/mol. The summed E-state index contributed by atoms with van der Waals surface area (Å²) in [5.41, 5.74) is 1.38. The van der Waals surface area contributed by atoms with Gasteiger partial charge in [-0.15, -0.1) is 0 Å². The highest BCUT2D eigenvalue weighted by molar-refractivity contribution is 5.81. The van der Waals surface area contributed by atoms with Crippen LogP contribution in [0, 0.1) is 11.3 Å². The first-order chi connectivity index (χ1) is 7.36. The van der Waals surface area contributed by atoms with Gasteiger partial charge in [-0.1, -0.05) is 18.2 Å². The molecule has 4 nitrogen and oxygen atoms in total. The lowest BCUT2D eigenvalue weighted by Crippen LogP contribution is -2.05. The number of aromatic nitrogens is 2. The second kappa shape index (κ2) is 4.03. The summed E-state index contributed by atoms with van der Waals surface area (Å²) in [7, 11) is 0. The summed E-state index contributed by atoms with van der Waals surface area (Å²) in [6.45, 7) is -0.225. The zero-order valence-corrected chi connectivity index (χ0v) is 7.96. The molecule has 0 saturated heterocycles. The van der Waals surface area contributed by atoms with E-state index < -0.39 is 5.92 Å². The van der Waals surface area contributed by atoms with Gasteiger partial charge in [-0.3, -0.25) is 0 Å². The van der Waals surface area contributed by atoms with Crippen LogP contribution in [0.2, 0.25) is 0 Å². The number of hydrogen-bond acceptors (Lipinski definition) is 4. The normalized spacial score (nSPS) is 12.3. The first-order valence-corrected chi connectivity index (χ1v) is 4.57. The quantitative estimate of drug-likeness (QED) is 0.789. The molecule has 0 bridgehead atoms. The van der Waals surface area contributed by atoms with Crippen LogP contribution >= 0.6 is 0 Å². The van der Waals surface area contributed by atoms with E-state index in [4.69, 9.17) is 10.4 Å². The number of nitriles is 1. The molecule has 74 valence electrons. The monoisotopic (exact) mass is 199 g/mol. The highest BCUT2D eigenvalue weighted by Crippen LogP contribution is 2.20. The second-order valence-corrected chi connectivity index (χ2v) is 3.14. The van der Waals surface area contributed by atoms with Crippen LogP contribution in [0.15, 0.2) is 30.6 Å². The van der Waals surface area contributed by atoms with E-state index in [1.165, 1.54) is 6.33 Å². The van der Waals surface area contributed by atoms with Crippen molar-refractivity contribution in [2.75, 3.05) is 6.61 Å². The van der Waals surface area contributed by atoms with Gasteiger partial charge < -0.3 is 5.11 Å². The second-order valence-electron chi connectivity index (χ2n) is 3.14. The van der Waals surface area contributed by atoms with Crippen molar-refractivity contribution in [2.24, 2.45) is 0 Å². The van der Waals surface area contributed by atoms with Crippen molar-refractivity contribution < 1.29 is 5.11 Å². The van der Waals surface area contributed by atoms with E-state index in [9.17, 15) is 0 Å². The predicted molar refractivity (Wildman–Crippen MR) is 55.0 cm³/mol. The molecule has 2 aromatic rings. The summed E-state index contributed by atoms with van der Waals surface area (Å²) >= 11 is 0. The number of aliphatic hydroxyl groups is 1. The molecule has 0 radical (unpaired) electrons. The van der Waals surface area contributed by atoms with Gasteiger partial charge >= 0.3 is 0 Å². The number of para-hydroxylation sites is 1. The Balaban J connectivity index is 2.66. The lowest BCUT2D eigenvalue weighted by Gasteiger charge is -2.07. The number of rotatable bonds is 2. The van der Waals surface area contributed by atoms with Crippen LogP contribution in [0.3, 0.4) is 0 Å². The first kappa shape index (κ1) is 9.56. The highest BCUT2D eigenvalue weighted by atomic mass is 16.3. The molecule has 0 aliphatic carbocycles. The summed E-state index contributed by atoms with van der Waals surface area (Å²) in [5, 5.41) is 18.7. The molecular weight excluding hydrogens is 190 g/mol. The fraction of sp³-hybridized carbons (Fsp3) is 0.182. The predicted octanol–water partition coefficient (Wildman–Crippen LogP) is 1.23. The smallest absolute Gasteiger partial charge is 0.116 e. The maximum atomic E-state index is 9.06. The van der Waals surface area contributed by atoms with Gasteiger partial charge in [-0.25, -0.2) is 9.97 Å². The van der Waals surface area contributed by atoms with Gasteiger partial charge in [0.1, 0.15) is 12.2 Å². The molecule has 0 fully saturated rings. The molecule has 4 heteroatoms. The molecule has 1 heterocycles. The maximum absolute atomic E-state index is 9.06. The Morgan fingerprint density at radius 2 is 2.13 bits per heavy atom. The van der Waals surface area contributed by atoms with Crippen molar-refractivity contribution in [1.29, 1.82) is 5.26 Å². The molecule has 1 unspecified atom stereocenters. The Labute approximate surface area is 86.8 Å². The van der Waals surface area contributed by atoms with Gasteiger partial charge in [0.2, 0.25) is 0 Å². The summed E-state index contributed by atoms with van der Waals surface area (Å²) in [6, 6.07) is 9.46. The first-order valence-electron chi connectivity index (χ1n) is 4.57. The topological polar surface area (TPSA) is 69.8 Å². The van der Waals surface area contributed by atoms with Crippen molar-refractivity contribution in [3.8, 4) is 6.07 Å². The van der Waals surface area contributed by atoms with Gasteiger partial charge in [0.15, 0.2) is 0 Å². The Morgan fingerprint density at radius 3 is 2.87 bits per heavy atom. The fourth-order valence-corrected chi connectivity index (χ4v) is 1.49. The van der Waals surface area contributed by atoms with Crippen LogP contribution in [0.5, 0.6) is 0 Å². The van der Waals surface area contributed by atoms with E-state index in [2.05, 4.69) is 9.97 Å².